The lowest BCUT2D eigenvalue weighted by atomic mass is 9.91. The molecule has 0 aliphatic heterocycles. The maximum atomic E-state index is 13.7. The van der Waals surface area contributed by atoms with Gasteiger partial charge in [0.15, 0.2) is 0 Å². The predicted octanol–water partition coefficient (Wildman–Crippen LogP) is 3.37. The van der Waals surface area contributed by atoms with Gasteiger partial charge in [-0.1, -0.05) is 54.6 Å². The Kier molecular flexibility index (Phi) is 5.91. The smallest absolute Gasteiger partial charge is 0.241 e. The highest BCUT2D eigenvalue weighted by Crippen LogP contribution is 2.35. The molecule has 3 aromatic rings. The molecule has 154 valence electrons. The van der Waals surface area contributed by atoms with Crippen LogP contribution in [0.1, 0.15) is 35.3 Å². The fourth-order valence-electron chi connectivity index (χ4n) is 4.32. The number of nitrogens with zero attached hydrogens (tertiary/aromatic N) is 3. The minimum Gasteiger partial charge on any atom is -0.346 e. The summed E-state index contributed by atoms with van der Waals surface area (Å²) in [4.78, 5) is 24.2. The Morgan fingerprint density at radius 1 is 1.07 bits per heavy atom. The molecular formula is C25H28N4O. The number of likely N-dealkylation sites (N-methyl/N-ethyl adjacent to an activating group) is 1. The predicted molar refractivity (Wildman–Crippen MR) is 118 cm³/mol. The number of hydrogen-bond donors (Lipinski definition) is 1. The van der Waals surface area contributed by atoms with E-state index < -0.39 is 5.54 Å². The minimum atomic E-state index is -0.597. The molecular weight excluding hydrogens is 372 g/mol. The Labute approximate surface area is 178 Å². The van der Waals surface area contributed by atoms with E-state index in [4.69, 9.17) is 0 Å². The molecule has 4 rings (SSSR count). The van der Waals surface area contributed by atoms with Crippen molar-refractivity contribution in [2.45, 2.75) is 37.8 Å². The van der Waals surface area contributed by atoms with Crippen LogP contribution in [-0.2, 0) is 24.1 Å². The van der Waals surface area contributed by atoms with Crippen molar-refractivity contribution in [3.63, 3.8) is 0 Å². The van der Waals surface area contributed by atoms with E-state index in [0.29, 0.717) is 0 Å². The third-order valence-corrected chi connectivity index (χ3v) is 6.21. The Hall–Kier alpha value is -3.05. The van der Waals surface area contributed by atoms with Gasteiger partial charge in [-0.05, 0) is 43.1 Å². The van der Waals surface area contributed by atoms with Crippen LogP contribution in [0.2, 0.25) is 0 Å². The molecule has 0 bridgehead atoms. The first-order valence-corrected chi connectivity index (χ1v) is 10.5. The topological polar surface area (TPSA) is 58.1 Å². The van der Waals surface area contributed by atoms with Crippen molar-refractivity contribution < 1.29 is 4.79 Å². The summed E-state index contributed by atoms with van der Waals surface area (Å²) in [5.41, 5.74) is 4.02. The maximum Gasteiger partial charge on any atom is 0.241 e. The average Bonchev–Trinajstić information content (AvgIpc) is 3.20. The third kappa shape index (κ3) is 4.12. The molecule has 1 unspecified atom stereocenters. The zero-order valence-electron chi connectivity index (χ0n) is 17.6. The van der Waals surface area contributed by atoms with Crippen LogP contribution in [0.3, 0.4) is 0 Å². The SMILES string of the molecule is CC(NC(=O)C1(N(C)CCc2ccccc2)Cc2ccccc2C1)c1ccncn1. The highest BCUT2D eigenvalue weighted by atomic mass is 16.2. The lowest BCUT2D eigenvalue weighted by molar-refractivity contribution is -0.133. The first kappa shape index (κ1) is 20.2. The zero-order chi connectivity index (χ0) is 21.0. The summed E-state index contributed by atoms with van der Waals surface area (Å²) in [7, 11) is 2.07. The van der Waals surface area contributed by atoms with Crippen molar-refractivity contribution in [1.82, 2.24) is 20.2 Å². The number of carbonyl (C=O) groups is 1. The quantitative estimate of drug-likeness (QED) is 0.661. The largest absolute Gasteiger partial charge is 0.346 e. The summed E-state index contributed by atoms with van der Waals surface area (Å²) in [6.07, 6.45) is 5.57. The summed E-state index contributed by atoms with van der Waals surface area (Å²) in [5.74, 6) is 0.0559. The molecule has 1 amide bonds. The van der Waals surface area contributed by atoms with Crippen LogP contribution >= 0.6 is 0 Å². The molecule has 30 heavy (non-hydrogen) atoms. The summed E-state index contributed by atoms with van der Waals surface area (Å²) >= 11 is 0. The van der Waals surface area contributed by atoms with E-state index in [2.05, 4.69) is 75.8 Å². The van der Waals surface area contributed by atoms with Gasteiger partial charge in [-0.2, -0.15) is 0 Å². The minimum absolute atomic E-state index is 0.0559. The highest BCUT2D eigenvalue weighted by Gasteiger charge is 2.47. The number of aromatic nitrogens is 2. The van der Waals surface area contributed by atoms with E-state index in [-0.39, 0.29) is 11.9 Å². The second kappa shape index (κ2) is 8.76. The number of fused-ring (bicyclic) bond motifs is 1. The fourth-order valence-corrected chi connectivity index (χ4v) is 4.32. The first-order chi connectivity index (χ1) is 14.6. The van der Waals surface area contributed by atoms with Crippen LogP contribution < -0.4 is 5.32 Å². The lowest BCUT2D eigenvalue weighted by Gasteiger charge is -2.38. The molecule has 0 saturated carbocycles. The zero-order valence-corrected chi connectivity index (χ0v) is 17.6. The van der Waals surface area contributed by atoms with Crippen LogP contribution in [0.25, 0.3) is 0 Å². The van der Waals surface area contributed by atoms with E-state index in [9.17, 15) is 4.79 Å². The molecule has 5 heteroatoms. The highest BCUT2D eigenvalue weighted by molar-refractivity contribution is 5.88. The van der Waals surface area contributed by atoms with Crippen LogP contribution in [0, 0.1) is 0 Å². The van der Waals surface area contributed by atoms with Gasteiger partial charge in [-0.3, -0.25) is 9.69 Å². The van der Waals surface area contributed by atoms with Crippen LogP contribution in [0.5, 0.6) is 0 Å². The Balaban J connectivity index is 1.55. The second-order valence-electron chi connectivity index (χ2n) is 8.14. The van der Waals surface area contributed by atoms with Gasteiger partial charge in [0, 0.05) is 25.6 Å². The molecule has 1 N–H and O–H groups in total. The third-order valence-electron chi connectivity index (χ3n) is 6.21. The molecule has 1 heterocycles. The molecule has 1 aliphatic rings. The van der Waals surface area contributed by atoms with Crippen molar-refractivity contribution in [3.8, 4) is 0 Å². The standard InChI is InChI=1S/C25H28N4O/c1-19(23-12-14-26-18-27-23)28-24(30)25(16-21-10-6-7-11-22(21)17-25)29(2)15-13-20-8-4-3-5-9-20/h3-12,14,18-19H,13,15-17H2,1-2H3,(H,28,30). The Bertz CT molecular complexity index is 965. The molecule has 0 radical (unpaired) electrons. The lowest BCUT2D eigenvalue weighted by Crippen LogP contribution is -2.59. The van der Waals surface area contributed by atoms with Gasteiger partial charge < -0.3 is 5.32 Å². The van der Waals surface area contributed by atoms with Crippen molar-refractivity contribution in [2.24, 2.45) is 0 Å². The maximum absolute atomic E-state index is 13.7. The molecule has 2 aromatic carbocycles. The van der Waals surface area contributed by atoms with Crippen molar-refractivity contribution in [3.05, 3.63) is 95.6 Å². The van der Waals surface area contributed by atoms with E-state index in [1.165, 1.54) is 23.0 Å². The van der Waals surface area contributed by atoms with Gasteiger partial charge in [-0.25, -0.2) is 9.97 Å². The number of hydrogen-bond acceptors (Lipinski definition) is 4. The molecule has 1 atom stereocenters. The Morgan fingerprint density at radius 3 is 2.37 bits per heavy atom. The first-order valence-electron chi connectivity index (χ1n) is 10.5. The van der Waals surface area contributed by atoms with Gasteiger partial charge >= 0.3 is 0 Å². The summed E-state index contributed by atoms with van der Waals surface area (Å²) in [5, 5.41) is 3.22. The van der Waals surface area contributed by atoms with Gasteiger partial charge in [0.2, 0.25) is 5.91 Å². The Morgan fingerprint density at radius 2 is 1.73 bits per heavy atom. The molecule has 0 fully saturated rings. The fraction of sp³-hybridized carbons (Fsp3) is 0.320. The van der Waals surface area contributed by atoms with E-state index in [1.54, 1.807) is 6.20 Å². The molecule has 1 aliphatic carbocycles. The molecule has 0 saturated heterocycles. The number of carbonyl (C=O) groups excluding carboxylic acids is 1. The van der Waals surface area contributed by atoms with Crippen molar-refractivity contribution >= 4 is 5.91 Å². The van der Waals surface area contributed by atoms with Crippen molar-refractivity contribution in [2.75, 3.05) is 13.6 Å². The van der Waals surface area contributed by atoms with Crippen molar-refractivity contribution in [1.29, 1.82) is 0 Å². The number of benzene rings is 2. The molecule has 0 spiro atoms. The normalized spacial score (nSPS) is 15.6. The monoisotopic (exact) mass is 400 g/mol. The molecule has 5 nitrogen and oxygen atoms in total. The van der Waals surface area contributed by atoms with Crippen LogP contribution in [0.15, 0.2) is 73.2 Å². The van der Waals surface area contributed by atoms with Crippen LogP contribution in [0.4, 0.5) is 0 Å². The number of amides is 1. The van der Waals surface area contributed by atoms with E-state index >= 15 is 0 Å². The number of rotatable bonds is 7. The van der Waals surface area contributed by atoms with E-state index in [0.717, 1.165) is 31.5 Å². The number of nitrogens with one attached hydrogen (secondary N) is 1. The van der Waals surface area contributed by atoms with Gasteiger partial charge in [0.1, 0.15) is 11.9 Å². The van der Waals surface area contributed by atoms with Gasteiger partial charge in [-0.15, -0.1) is 0 Å². The summed E-state index contributed by atoms with van der Waals surface area (Å²) < 4.78 is 0. The average molecular weight is 401 g/mol. The summed E-state index contributed by atoms with van der Waals surface area (Å²) in [6, 6.07) is 20.5. The summed E-state index contributed by atoms with van der Waals surface area (Å²) in [6.45, 7) is 2.79. The molecule has 1 aromatic heterocycles. The van der Waals surface area contributed by atoms with Gasteiger partial charge in [0.05, 0.1) is 11.7 Å². The van der Waals surface area contributed by atoms with Gasteiger partial charge in [0.25, 0.3) is 0 Å². The van der Waals surface area contributed by atoms with Crippen LogP contribution in [-0.4, -0.2) is 39.9 Å². The second-order valence-corrected chi connectivity index (χ2v) is 8.14. The van der Waals surface area contributed by atoms with E-state index in [1.807, 2.05) is 19.1 Å².